The number of nitrogens with zero attached hydrogens (tertiary/aromatic N) is 1. The van der Waals surface area contributed by atoms with E-state index < -0.39 is 0 Å². The van der Waals surface area contributed by atoms with Gasteiger partial charge >= 0.3 is 0 Å². The number of hydrogen-bond acceptors (Lipinski definition) is 2. The summed E-state index contributed by atoms with van der Waals surface area (Å²) < 4.78 is 5.19. The molecule has 1 aromatic carbocycles. The van der Waals surface area contributed by atoms with Crippen LogP contribution in [0.5, 0.6) is 0 Å². The highest BCUT2D eigenvalue weighted by Gasteiger charge is 2.31. The normalized spacial score (nSPS) is 16.5. The molecule has 0 aromatic heterocycles. The molecule has 136 valence electrons. The van der Waals surface area contributed by atoms with Gasteiger partial charge in [-0.15, -0.1) is 24.0 Å². The quantitative estimate of drug-likeness (QED) is 0.378. The molecule has 1 aliphatic carbocycles. The van der Waals surface area contributed by atoms with Crippen molar-refractivity contribution in [3.8, 4) is 0 Å². The fourth-order valence-electron chi connectivity index (χ4n) is 3.45. The molecule has 24 heavy (non-hydrogen) atoms. The average Bonchev–Trinajstić information content (AvgIpc) is 3.05. The number of nitrogens with one attached hydrogen (secondary N) is 2. The number of ether oxygens (including phenoxy) is 1. The Bertz CT molecular complexity index is 513. The number of benzene rings is 1. The molecule has 1 aromatic rings. The summed E-state index contributed by atoms with van der Waals surface area (Å²) in [7, 11) is 3.56. The van der Waals surface area contributed by atoms with Crippen molar-refractivity contribution in [1.29, 1.82) is 0 Å². The second kappa shape index (κ2) is 10.9. The minimum atomic E-state index is 0. The Morgan fingerprint density at radius 1 is 1.21 bits per heavy atom. The van der Waals surface area contributed by atoms with Crippen molar-refractivity contribution in [3.63, 3.8) is 0 Å². The predicted octanol–water partition coefficient (Wildman–Crippen LogP) is 4.09. The van der Waals surface area contributed by atoms with Crippen LogP contribution in [-0.4, -0.2) is 26.7 Å². The van der Waals surface area contributed by atoms with Gasteiger partial charge in [-0.05, 0) is 35.8 Å². The van der Waals surface area contributed by atoms with Crippen LogP contribution in [-0.2, 0) is 17.9 Å². The maximum absolute atomic E-state index is 5.19. The summed E-state index contributed by atoms with van der Waals surface area (Å²) in [5, 5.41) is 6.95. The predicted molar refractivity (Wildman–Crippen MR) is 112 cm³/mol. The zero-order valence-corrected chi connectivity index (χ0v) is 17.6. The number of guanidine groups is 1. The molecular formula is C19H32IN3O. The first-order valence-corrected chi connectivity index (χ1v) is 8.72. The van der Waals surface area contributed by atoms with Crippen LogP contribution in [0.4, 0.5) is 0 Å². The standard InChI is InChI=1S/C19H31N3O.HI/c1-4-19(10-5-6-11-19)15-22-18(20-2)21-13-16-8-7-9-17(12-16)14-23-3;/h7-9,12H,4-6,10-11,13-15H2,1-3H3,(H2,20,21,22);1H. The van der Waals surface area contributed by atoms with Crippen LogP contribution in [0.2, 0.25) is 0 Å². The molecule has 0 saturated heterocycles. The van der Waals surface area contributed by atoms with Gasteiger partial charge in [-0.2, -0.15) is 0 Å². The van der Waals surface area contributed by atoms with Crippen LogP contribution >= 0.6 is 24.0 Å². The molecule has 0 aliphatic heterocycles. The van der Waals surface area contributed by atoms with Crippen LogP contribution in [0, 0.1) is 5.41 Å². The van der Waals surface area contributed by atoms with Gasteiger partial charge in [0.25, 0.3) is 0 Å². The Hall–Kier alpha value is -0.820. The minimum absolute atomic E-state index is 0. The van der Waals surface area contributed by atoms with Gasteiger partial charge in [0, 0.05) is 27.2 Å². The Morgan fingerprint density at radius 3 is 2.54 bits per heavy atom. The third kappa shape index (κ3) is 6.24. The Morgan fingerprint density at radius 2 is 1.92 bits per heavy atom. The molecule has 0 radical (unpaired) electrons. The van der Waals surface area contributed by atoms with Crippen molar-refractivity contribution in [3.05, 3.63) is 35.4 Å². The first-order chi connectivity index (χ1) is 11.2. The largest absolute Gasteiger partial charge is 0.380 e. The Labute approximate surface area is 163 Å². The highest BCUT2D eigenvalue weighted by Crippen LogP contribution is 2.40. The SMILES string of the molecule is CCC1(CNC(=NC)NCc2cccc(COC)c2)CCCC1.I. The lowest BCUT2D eigenvalue weighted by Gasteiger charge is -2.28. The molecule has 4 nitrogen and oxygen atoms in total. The van der Waals surface area contributed by atoms with Gasteiger partial charge in [-0.1, -0.05) is 44.0 Å². The van der Waals surface area contributed by atoms with E-state index >= 15 is 0 Å². The van der Waals surface area contributed by atoms with E-state index in [4.69, 9.17) is 4.74 Å². The second-order valence-corrected chi connectivity index (χ2v) is 6.59. The summed E-state index contributed by atoms with van der Waals surface area (Å²) in [4.78, 5) is 4.36. The molecule has 5 heteroatoms. The van der Waals surface area contributed by atoms with Crippen molar-refractivity contribution in [1.82, 2.24) is 10.6 Å². The third-order valence-electron chi connectivity index (χ3n) is 5.03. The Balaban J connectivity index is 0.00000288. The summed E-state index contributed by atoms with van der Waals surface area (Å²) in [6.45, 7) is 4.76. The topological polar surface area (TPSA) is 45.7 Å². The van der Waals surface area contributed by atoms with Gasteiger partial charge in [0.15, 0.2) is 5.96 Å². The molecule has 0 amide bonds. The first kappa shape index (κ1) is 21.2. The minimum Gasteiger partial charge on any atom is -0.380 e. The molecule has 0 spiro atoms. The van der Waals surface area contributed by atoms with Crippen LogP contribution in [0.15, 0.2) is 29.3 Å². The maximum atomic E-state index is 5.19. The molecule has 2 rings (SSSR count). The zero-order valence-electron chi connectivity index (χ0n) is 15.2. The molecule has 0 unspecified atom stereocenters. The second-order valence-electron chi connectivity index (χ2n) is 6.59. The van der Waals surface area contributed by atoms with E-state index in [1.165, 1.54) is 43.2 Å². The number of rotatable bonds is 7. The molecule has 0 atom stereocenters. The van der Waals surface area contributed by atoms with E-state index in [1.807, 2.05) is 7.05 Å². The molecule has 1 fully saturated rings. The fraction of sp³-hybridized carbons (Fsp3) is 0.632. The smallest absolute Gasteiger partial charge is 0.191 e. The van der Waals surface area contributed by atoms with Crippen molar-refractivity contribution in [2.24, 2.45) is 10.4 Å². The molecular weight excluding hydrogens is 413 g/mol. The lowest BCUT2D eigenvalue weighted by molar-refractivity contribution is 0.185. The number of hydrogen-bond donors (Lipinski definition) is 2. The molecule has 0 heterocycles. The fourth-order valence-corrected chi connectivity index (χ4v) is 3.45. The molecule has 1 aliphatic rings. The third-order valence-corrected chi connectivity index (χ3v) is 5.03. The van der Waals surface area contributed by atoms with Gasteiger partial charge < -0.3 is 15.4 Å². The summed E-state index contributed by atoms with van der Waals surface area (Å²) in [6, 6.07) is 8.47. The maximum Gasteiger partial charge on any atom is 0.191 e. The summed E-state index contributed by atoms with van der Waals surface area (Å²) in [5.41, 5.74) is 2.91. The summed E-state index contributed by atoms with van der Waals surface area (Å²) in [5.74, 6) is 0.891. The lowest BCUT2D eigenvalue weighted by Crippen LogP contribution is -2.42. The monoisotopic (exact) mass is 445 g/mol. The van der Waals surface area contributed by atoms with Crippen LogP contribution in [0.3, 0.4) is 0 Å². The highest BCUT2D eigenvalue weighted by molar-refractivity contribution is 14.0. The van der Waals surface area contributed by atoms with Crippen molar-refractivity contribution >= 4 is 29.9 Å². The van der Waals surface area contributed by atoms with E-state index in [2.05, 4.69) is 46.8 Å². The van der Waals surface area contributed by atoms with Crippen LogP contribution in [0.25, 0.3) is 0 Å². The Kier molecular flexibility index (Phi) is 9.66. The molecule has 2 N–H and O–H groups in total. The number of methoxy groups -OCH3 is 1. The van der Waals surface area contributed by atoms with E-state index in [1.54, 1.807) is 7.11 Å². The first-order valence-electron chi connectivity index (χ1n) is 8.72. The number of halogens is 1. The van der Waals surface area contributed by atoms with Gasteiger partial charge in [-0.3, -0.25) is 4.99 Å². The van der Waals surface area contributed by atoms with Gasteiger partial charge in [0.1, 0.15) is 0 Å². The molecule has 0 bridgehead atoms. The van der Waals surface area contributed by atoms with E-state index in [9.17, 15) is 0 Å². The van der Waals surface area contributed by atoms with E-state index in [0.29, 0.717) is 12.0 Å². The summed E-state index contributed by atoms with van der Waals surface area (Å²) >= 11 is 0. The lowest BCUT2D eigenvalue weighted by atomic mass is 9.83. The van der Waals surface area contributed by atoms with Gasteiger partial charge in [0.2, 0.25) is 0 Å². The summed E-state index contributed by atoms with van der Waals surface area (Å²) in [6.07, 6.45) is 6.66. The van der Waals surface area contributed by atoms with Crippen LogP contribution < -0.4 is 10.6 Å². The van der Waals surface area contributed by atoms with Crippen LogP contribution in [0.1, 0.15) is 50.2 Å². The van der Waals surface area contributed by atoms with E-state index in [-0.39, 0.29) is 24.0 Å². The van der Waals surface area contributed by atoms with Crippen molar-refractivity contribution in [2.45, 2.75) is 52.2 Å². The number of aliphatic imine (C=N–C) groups is 1. The average molecular weight is 445 g/mol. The van der Waals surface area contributed by atoms with Crippen molar-refractivity contribution < 1.29 is 4.74 Å². The zero-order chi connectivity index (χ0) is 16.5. The highest BCUT2D eigenvalue weighted by atomic mass is 127. The van der Waals surface area contributed by atoms with Crippen molar-refractivity contribution in [2.75, 3.05) is 20.7 Å². The van der Waals surface area contributed by atoms with Gasteiger partial charge in [-0.25, -0.2) is 0 Å². The molecule has 1 saturated carbocycles. The van der Waals surface area contributed by atoms with E-state index in [0.717, 1.165) is 19.0 Å². The van der Waals surface area contributed by atoms with Gasteiger partial charge in [0.05, 0.1) is 6.61 Å².